The average Bonchev–Trinajstić information content (AvgIpc) is 2.34. The summed E-state index contributed by atoms with van der Waals surface area (Å²) in [4.78, 5) is 0. The van der Waals surface area contributed by atoms with Gasteiger partial charge in [0.2, 0.25) is 0 Å². The Bertz CT molecular complexity index is 381. The van der Waals surface area contributed by atoms with Gasteiger partial charge in [0.05, 0.1) is 0 Å². The smallest absolute Gasteiger partial charge is 0.126 e. The van der Waals surface area contributed by atoms with Gasteiger partial charge >= 0.3 is 0 Å². The maximum Gasteiger partial charge on any atom is 0.126 e. The second-order valence-corrected chi connectivity index (χ2v) is 5.59. The molecule has 0 bridgehead atoms. The van der Waals surface area contributed by atoms with E-state index in [4.69, 9.17) is 4.74 Å². The topological polar surface area (TPSA) is 9.23 Å². The lowest BCUT2D eigenvalue weighted by Crippen LogP contribution is -2.07. The van der Waals surface area contributed by atoms with E-state index in [1.54, 1.807) is 0 Å². The highest BCUT2D eigenvalue weighted by atomic mass is 32.1. The Morgan fingerprint density at radius 2 is 1.67 bits per heavy atom. The molecule has 1 nitrogen and oxygen atoms in total. The lowest BCUT2D eigenvalue weighted by Gasteiger charge is -2.20. The maximum absolute atomic E-state index is 6.00. The van der Waals surface area contributed by atoms with E-state index in [1.165, 1.54) is 11.1 Å². The zero-order chi connectivity index (χ0) is 13.7. The molecule has 0 spiro atoms. The van der Waals surface area contributed by atoms with Gasteiger partial charge in [-0.1, -0.05) is 52.5 Å². The van der Waals surface area contributed by atoms with Gasteiger partial charge in [-0.05, 0) is 28.5 Å². The van der Waals surface area contributed by atoms with Gasteiger partial charge in [0.15, 0.2) is 0 Å². The minimum absolute atomic E-state index is 0.461. The lowest BCUT2D eigenvalue weighted by molar-refractivity contribution is 0.342. The first-order valence-electron chi connectivity index (χ1n) is 6.50. The highest BCUT2D eigenvalue weighted by Crippen LogP contribution is 2.34. The summed E-state index contributed by atoms with van der Waals surface area (Å²) in [7, 11) is 0. The van der Waals surface area contributed by atoms with E-state index in [-0.39, 0.29) is 0 Å². The van der Waals surface area contributed by atoms with Gasteiger partial charge in [-0.25, -0.2) is 0 Å². The molecule has 100 valence electrons. The lowest BCUT2D eigenvalue weighted by atomic mass is 9.94. The van der Waals surface area contributed by atoms with E-state index in [0.29, 0.717) is 24.2 Å². The van der Waals surface area contributed by atoms with Crippen molar-refractivity contribution in [2.75, 3.05) is 12.4 Å². The van der Waals surface area contributed by atoms with Crippen LogP contribution in [0.2, 0.25) is 0 Å². The average molecular weight is 264 g/mol. The third kappa shape index (κ3) is 3.81. The van der Waals surface area contributed by atoms with Crippen LogP contribution in [0.5, 0.6) is 5.75 Å². The van der Waals surface area contributed by atoms with Crippen molar-refractivity contribution < 1.29 is 4.74 Å². The maximum atomic E-state index is 6.00. The molecule has 2 heteroatoms. The van der Waals surface area contributed by atoms with Crippen LogP contribution in [0.15, 0.2) is 30.4 Å². The molecule has 0 unspecified atom stereocenters. The van der Waals surface area contributed by atoms with Crippen LogP contribution in [0, 0.1) is 0 Å². The molecule has 1 aromatic rings. The van der Waals surface area contributed by atoms with Crippen LogP contribution in [-0.2, 0) is 0 Å². The van der Waals surface area contributed by atoms with Crippen molar-refractivity contribution >= 4 is 12.6 Å². The largest absolute Gasteiger partial charge is 0.489 e. The van der Waals surface area contributed by atoms with E-state index < -0.39 is 0 Å². The molecule has 0 aliphatic carbocycles. The van der Waals surface area contributed by atoms with Crippen molar-refractivity contribution in [3.63, 3.8) is 0 Å². The fraction of sp³-hybridized carbons (Fsp3) is 0.500. The molecule has 18 heavy (non-hydrogen) atoms. The molecule has 0 N–H and O–H groups in total. The molecule has 0 radical (unpaired) electrons. The molecular formula is C16H24OS. The summed E-state index contributed by atoms with van der Waals surface area (Å²) in [5, 5.41) is 0. The second kappa shape index (κ2) is 6.89. The molecule has 0 saturated heterocycles. The molecule has 0 aromatic heterocycles. The highest BCUT2D eigenvalue weighted by molar-refractivity contribution is 7.80. The molecule has 0 atom stereocenters. The Kier molecular flexibility index (Phi) is 5.80. The van der Waals surface area contributed by atoms with Crippen LogP contribution < -0.4 is 4.74 Å². The highest BCUT2D eigenvalue weighted by Gasteiger charge is 2.14. The first-order valence-corrected chi connectivity index (χ1v) is 7.13. The summed E-state index contributed by atoms with van der Waals surface area (Å²) in [6.45, 7) is 13.3. The Labute approximate surface area is 117 Å². The molecule has 0 amide bonds. The summed E-state index contributed by atoms with van der Waals surface area (Å²) in [6.07, 6.45) is 0. The van der Waals surface area contributed by atoms with Gasteiger partial charge < -0.3 is 4.74 Å². The van der Waals surface area contributed by atoms with Gasteiger partial charge in [0.25, 0.3) is 0 Å². The van der Waals surface area contributed by atoms with E-state index in [0.717, 1.165) is 11.3 Å². The van der Waals surface area contributed by atoms with Gasteiger partial charge in [0, 0.05) is 5.75 Å². The number of ether oxygens (including phenoxy) is 1. The first kappa shape index (κ1) is 15.2. The predicted molar refractivity (Wildman–Crippen MR) is 83.1 cm³/mol. The molecule has 1 aromatic carbocycles. The Hall–Kier alpha value is -0.890. The van der Waals surface area contributed by atoms with Crippen molar-refractivity contribution in [2.45, 2.75) is 39.5 Å². The fourth-order valence-electron chi connectivity index (χ4n) is 1.87. The third-order valence-corrected chi connectivity index (χ3v) is 3.41. The molecule has 0 heterocycles. The van der Waals surface area contributed by atoms with Crippen molar-refractivity contribution in [1.29, 1.82) is 0 Å². The standard InChI is InChI=1S/C16H24OS/c1-11(2)14-7-6-8-15(12(3)4)16(14)17-9-13(5)10-18/h6-8,11-12,18H,5,9-10H2,1-4H3. The second-order valence-electron chi connectivity index (χ2n) is 5.27. The first-order chi connectivity index (χ1) is 8.47. The summed E-state index contributed by atoms with van der Waals surface area (Å²) in [5.41, 5.74) is 3.55. The van der Waals surface area contributed by atoms with Crippen molar-refractivity contribution in [3.05, 3.63) is 41.5 Å². The van der Waals surface area contributed by atoms with E-state index in [1.807, 2.05) is 0 Å². The van der Waals surface area contributed by atoms with Gasteiger partial charge in [-0.2, -0.15) is 12.6 Å². The quantitative estimate of drug-likeness (QED) is 0.573. The fourth-order valence-corrected chi connectivity index (χ4v) is 1.96. The SMILES string of the molecule is C=C(CS)COc1c(C(C)C)cccc1C(C)C. The Morgan fingerprint density at radius 3 is 2.06 bits per heavy atom. The molecule has 1 rings (SSSR count). The van der Waals surface area contributed by atoms with Crippen molar-refractivity contribution in [3.8, 4) is 5.75 Å². The Balaban J connectivity index is 3.06. The van der Waals surface area contributed by atoms with Crippen LogP contribution >= 0.6 is 12.6 Å². The molecule has 0 fully saturated rings. The van der Waals surface area contributed by atoms with Gasteiger partial charge in [-0.3, -0.25) is 0 Å². The molecular weight excluding hydrogens is 240 g/mol. The van der Waals surface area contributed by atoms with Crippen LogP contribution in [0.1, 0.15) is 50.7 Å². The zero-order valence-corrected chi connectivity index (χ0v) is 12.8. The van der Waals surface area contributed by atoms with E-state index >= 15 is 0 Å². The predicted octanol–water partition coefficient (Wildman–Crippen LogP) is 4.80. The van der Waals surface area contributed by atoms with Crippen LogP contribution in [-0.4, -0.2) is 12.4 Å². The molecule has 0 saturated carbocycles. The molecule has 0 aliphatic heterocycles. The monoisotopic (exact) mass is 264 g/mol. The summed E-state index contributed by atoms with van der Waals surface area (Å²) in [5.74, 6) is 2.62. The van der Waals surface area contributed by atoms with Crippen LogP contribution in [0.25, 0.3) is 0 Å². The number of rotatable bonds is 6. The summed E-state index contributed by atoms with van der Waals surface area (Å²) < 4.78 is 6.00. The summed E-state index contributed by atoms with van der Waals surface area (Å²) >= 11 is 4.22. The molecule has 0 aliphatic rings. The number of hydrogen-bond donors (Lipinski definition) is 1. The Morgan fingerprint density at radius 1 is 1.17 bits per heavy atom. The normalized spacial score (nSPS) is 11.1. The number of benzene rings is 1. The number of thiol groups is 1. The van der Waals surface area contributed by atoms with Gasteiger partial charge in [-0.15, -0.1) is 0 Å². The zero-order valence-electron chi connectivity index (χ0n) is 11.9. The summed E-state index contributed by atoms with van der Waals surface area (Å²) in [6, 6.07) is 6.41. The number of para-hydroxylation sites is 1. The van der Waals surface area contributed by atoms with Crippen molar-refractivity contribution in [1.82, 2.24) is 0 Å². The van der Waals surface area contributed by atoms with E-state index in [9.17, 15) is 0 Å². The van der Waals surface area contributed by atoms with Gasteiger partial charge in [0.1, 0.15) is 12.4 Å². The number of hydrogen-bond acceptors (Lipinski definition) is 2. The van der Waals surface area contributed by atoms with Crippen LogP contribution in [0.4, 0.5) is 0 Å². The minimum Gasteiger partial charge on any atom is -0.489 e. The van der Waals surface area contributed by atoms with E-state index in [2.05, 4.69) is 65.1 Å². The third-order valence-electron chi connectivity index (χ3n) is 2.96. The van der Waals surface area contributed by atoms with Crippen LogP contribution in [0.3, 0.4) is 0 Å². The minimum atomic E-state index is 0.461. The van der Waals surface area contributed by atoms with Crippen molar-refractivity contribution in [2.24, 2.45) is 0 Å².